The Kier molecular flexibility index (Phi) is 3.80. The number of hydrazine groups is 2. The molecule has 0 unspecified atom stereocenters. The first-order chi connectivity index (χ1) is 14.1. The Balaban J connectivity index is 1.36. The molecule has 4 N–H and O–H groups in total. The van der Waals surface area contributed by atoms with Crippen LogP contribution in [0.25, 0.3) is 22.7 Å². The Labute approximate surface area is 162 Å². The van der Waals surface area contributed by atoms with Crippen molar-refractivity contribution in [1.29, 1.82) is 0 Å². The van der Waals surface area contributed by atoms with Crippen LogP contribution in [0.2, 0.25) is 0 Å². The van der Waals surface area contributed by atoms with Crippen molar-refractivity contribution in [1.82, 2.24) is 45.9 Å². The van der Waals surface area contributed by atoms with Crippen molar-refractivity contribution in [3.8, 4) is 11.5 Å². The summed E-state index contributed by atoms with van der Waals surface area (Å²) in [6, 6.07) is 1.25. The van der Waals surface area contributed by atoms with E-state index in [4.69, 9.17) is 4.52 Å². The van der Waals surface area contributed by atoms with Gasteiger partial charge in [-0.25, -0.2) is 24.9 Å². The Bertz CT molecular complexity index is 1180. The van der Waals surface area contributed by atoms with Crippen molar-refractivity contribution < 1.29 is 9.32 Å². The number of nitrogens with zero attached hydrogens (tertiary/aromatic N) is 7. The fourth-order valence-electron chi connectivity index (χ4n) is 2.93. The highest BCUT2D eigenvalue weighted by Gasteiger charge is 2.26. The third-order valence-corrected chi connectivity index (χ3v) is 4.42. The molecule has 146 valence electrons. The van der Waals surface area contributed by atoms with Gasteiger partial charge in [-0.1, -0.05) is 5.16 Å². The Morgan fingerprint density at radius 1 is 1.28 bits per heavy atom. The molecule has 1 amide bonds. The predicted molar refractivity (Wildman–Crippen MR) is 100 cm³/mol. The van der Waals surface area contributed by atoms with E-state index in [1.165, 1.54) is 12.7 Å². The third-order valence-electron chi connectivity index (χ3n) is 4.42. The summed E-state index contributed by atoms with van der Waals surface area (Å²) in [6.07, 6.45) is 4.38. The number of carbonyl (C=O) groups excluding carboxylic acids is 1. The molecule has 13 nitrogen and oxygen atoms in total. The van der Waals surface area contributed by atoms with Crippen molar-refractivity contribution in [3.63, 3.8) is 0 Å². The van der Waals surface area contributed by atoms with Gasteiger partial charge in [0.25, 0.3) is 5.91 Å². The van der Waals surface area contributed by atoms with E-state index in [0.29, 0.717) is 39.9 Å². The number of hydrogen-bond acceptors (Lipinski definition) is 11. The summed E-state index contributed by atoms with van der Waals surface area (Å²) in [5.41, 5.74) is 8.17. The molecule has 0 saturated carbocycles. The van der Waals surface area contributed by atoms with Crippen LogP contribution in [0.15, 0.2) is 29.4 Å². The molecule has 4 aromatic heterocycles. The number of rotatable bonds is 4. The molecule has 0 fully saturated rings. The molecule has 1 atom stereocenters. The zero-order chi connectivity index (χ0) is 20.0. The number of anilines is 2. The van der Waals surface area contributed by atoms with Gasteiger partial charge in [0.05, 0.1) is 12.2 Å². The number of aromatic amines is 1. The lowest BCUT2D eigenvalue weighted by molar-refractivity contribution is 0.0929. The molecule has 0 aromatic carbocycles. The number of imidazole rings is 1. The van der Waals surface area contributed by atoms with Crippen LogP contribution >= 0.6 is 0 Å². The molecule has 0 aliphatic carbocycles. The normalized spacial score (nSPS) is 13.9. The van der Waals surface area contributed by atoms with E-state index in [9.17, 15) is 4.79 Å². The van der Waals surface area contributed by atoms with Gasteiger partial charge in [-0.3, -0.25) is 15.2 Å². The minimum Gasteiger partial charge on any atom is -0.358 e. The molecule has 0 bridgehead atoms. The average molecular weight is 393 g/mol. The second-order valence-corrected chi connectivity index (χ2v) is 6.37. The molecule has 5 heterocycles. The van der Waals surface area contributed by atoms with Crippen LogP contribution < -0.4 is 21.3 Å². The molecule has 0 radical (unpaired) electrons. The van der Waals surface area contributed by atoms with Crippen LogP contribution in [0.4, 0.5) is 11.5 Å². The average Bonchev–Trinajstić information content (AvgIpc) is 3.45. The molecule has 29 heavy (non-hydrogen) atoms. The van der Waals surface area contributed by atoms with Crippen LogP contribution in [-0.4, -0.2) is 48.0 Å². The Morgan fingerprint density at radius 2 is 2.17 bits per heavy atom. The fraction of sp³-hybridized carbons (Fsp3) is 0.188. The second-order valence-electron chi connectivity index (χ2n) is 6.37. The van der Waals surface area contributed by atoms with Crippen molar-refractivity contribution in [2.24, 2.45) is 0 Å². The number of amides is 1. The van der Waals surface area contributed by atoms with E-state index in [-0.39, 0.29) is 11.6 Å². The van der Waals surface area contributed by atoms with Gasteiger partial charge in [0.2, 0.25) is 0 Å². The van der Waals surface area contributed by atoms with E-state index in [1.807, 2.05) is 0 Å². The first-order valence-electron chi connectivity index (χ1n) is 8.64. The zero-order valence-electron chi connectivity index (χ0n) is 15.3. The molecular formula is C16H15N11O2. The number of fused-ring (bicyclic) bond motifs is 2. The lowest BCUT2D eigenvalue weighted by Crippen LogP contribution is -2.32. The first kappa shape index (κ1) is 17.0. The molecule has 1 aliphatic rings. The van der Waals surface area contributed by atoms with Gasteiger partial charge in [0, 0.05) is 13.1 Å². The number of H-pyrrole nitrogens is 1. The number of carbonyl (C=O) groups is 1. The summed E-state index contributed by atoms with van der Waals surface area (Å²) < 4.78 is 5.39. The molecule has 5 rings (SSSR count). The van der Waals surface area contributed by atoms with Crippen LogP contribution in [0.3, 0.4) is 0 Å². The van der Waals surface area contributed by atoms with Crippen LogP contribution in [0.5, 0.6) is 0 Å². The highest BCUT2D eigenvalue weighted by molar-refractivity contribution is 6.00. The van der Waals surface area contributed by atoms with Crippen molar-refractivity contribution >= 4 is 28.6 Å². The summed E-state index contributed by atoms with van der Waals surface area (Å²) in [5.74, 6) is 1.17. The SMILES string of the molecule is C[C@@H](NC(=O)c1ncnc2c1NNN2C)c1cc(-c2nc3ncncc3[nH]2)no1. The standard InChI is InChI=1S/C16H15N11O2/c1-7(21-16(28)12-11-15(20-6-18-12)27(2)26-24-11)10-3-8(25-29-10)14-22-9-4-17-5-19-13(9)23-14/h3-7,24,26H,1-2H3,(H,21,28)(H,17,19,22,23)/t7-/m1/s1. The van der Waals surface area contributed by atoms with E-state index in [1.54, 1.807) is 31.2 Å². The minimum absolute atomic E-state index is 0.217. The molecule has 4 aromatic rings. The van der Waals surface area contributed by atoms with Crippen LogP contribution in [-0.2, 0) is 0 Å². The summed E-state index contributed by atoms with van der Waals surface area (Å²) in [6.45, 7) is 1.78. The van der Waals surface area contributed by atoms with Crippen molar-refractivity contribution in [3.05, 3.63) is 36.4 Å². The van der Waals surface area contributed by atoms with E-state index in [2.05, 4.69) is 51.3 Å². The quantitative estimate of drug-likeness (QED) is 0.383. The van der Waals surface area contributed by atoms with Gasteiger partial charge in [-0.05, 0) is 6.92 Å². The molecule has 0 spiro atoms. The number of hydrogen-bond donors (Lipinski definition) is 4. The minimum atomic E-state index is -0.453. The summed E-state index contributed by atoms with van der Waals surface area (Å²) in [4.78, 5) is 36.4. The highest BCUT2D eigenvalue weighted by atomic mass is 16.5. The van der Waals surface area contributed by atoms with Gasteiger partial charge < -0.3 is 14.8 Å². The molecular weight excluding hydrogens is 378 g/mol. The van der Waals surface area contributed by atoms with Crippen molar-refractivity contribution in [2.75, 3.05) is 17.5 Å². The Hall–Kier alpha value is -4.13. The fourth-order valence-corrected chi connectivity index (χ4v) is 2.93. The van der Waals surface area contributed by atoms with Crippen LogP contribution in [0.1, 0.15) is 29.2 Å². The van der Waals surface area contributed by atoms with Gasteiger partial charge in [0.15, 0.2) is 28.7 Å². The monoisotopic (exact) mass is 393 g/mol. The molecule has 1 aliphatic heterocycles. The van der Waals surface area contributed by atoms with Gasteiger partial charge in [-0.2, -0.15) is 0 Å². The van der Waals surface area contributed by atoms with Gasteiger partial charge in [0.1, 0.15) is 29.6 Å². The van der Waals surface area contributed by atoms with Gasteiger partial charge in [-0.15, -0.1) is 5.53 Å². The zero-order valence-corrected chi connectivity index (χ0v) is 15.3. The van der Waals surface area contributed by atoms with Crippen LogP contribution in [0, 0.1) is 0 Å². The summed E-state index contributed by atoms with van der Waals surface area (Å²) >= 11 is 0. The van der Waals surface area contributed by atoms with E-state index >= 15 is 0 Å². The topological polar surface area (TPSA) is 163 Å². The summed E-state index contributed by atoms with van der Waals surface area (Å²) in [7, 11) is 1.77. The maximum atomic E-state index is 12.7. The van der Waals surface area contributed by atoms with E-state index < -0.39 is 6.04 Å². The maximum Gasteiger partial charge on any atom is 0.272 e. The number of aromatic nitrogens is 7. The lowest BCUT2D eigenvalue weighted by Gasteiger charge is -2.11. The Morgan fingerprint density at radius 3 is 3.03 bits per heavy atom. The molecule has 0 saturated heterocycles. The van der Waals surface area contributed by atoms with Crippen molar-refractivity contribution in [2.45, 2.75) is 13.0 Å². The smallest absolute Gasteiger partial charge is 0.272 e. The maximum absolute atomic E-state index is 12.7. The number of nitrogens with one attached hydrogen (secondary N) is 4. The largest absolute Gasteiger partial charge is 0.358 e. The predicted octanol–water partition coefficient (Wildman–Crippen LogP) is 0.570. The summed E-state index contributed by atoms with van der Waals surface area (Å²) in [5, 5.41) is 8.52. The van der Waals surface area contributed by atoms with E-state index in [0.717, 1.165) is 0 Å². The second kappa shape index (κ2) is 6.49. The third kappa shape index (κ3) is 2.89. The lowest BCUT2D eigenvalue weighted by atomic mass is 10.2. The highest BCUT2D eigenvalue weighted by Crippen LogP contribution is 2.28. The first-order valence-corrected chi connectivity index (χ1v) is 8.64. The van der Waals surface area contributed by atoms with Gasteiger partial charge >= 0.3 is 0 Å². The molecule has 13 heteroatoms.